The molecule has 0 aliphatic heterocycles. The first-order valence-electron chi connectivity index (χ1n) is 6.45. The van der Waals surface area contributed by atoms with Gasteiger partial charge in [-0.3, -0.25) is 0 Å². The van der Waals surface area contributed by atoms with Crippen LogP contribution in [0.25, 0.3) is 0 Å². The van der Waals surface area contributed by atoms with E-state index in [2.05, 4.69) is 10.1 Å². The lowest BCUT2D eigenvalue weighted by atomic mass is 10.4. The second-order valence-electron chi connectivity index (χ2n) is 4.58. The van der Waals surface area contributed by atoms with Gasteiger partial charge in [-0.1, -0.05) is 13.8 Å². The molecule has 106 valence electrons. The van der Waals surface area contributed by atoms with Crippen LogP contribution in [0.3, 0.4) is 0 Å². The highest BCUT2D eigenvalue weighted by Crippen LogP contribution is 2.27. The van der Waals surface area contributed by atoms with Gasteiger partial charge in [0.15, 0.2) is 0 Å². The van der Waals surface area contributed by atoms with E-state index in [0.717, 1.165) is 23.9 Å². The minimum Gasteiger partial charge on any atom is -0.320 e. The van der Waals surface area contributed by atoms with Gasteiger partial charge < -0.3 is 4.90 Å². The van der Waals surface area contributed by atoms with Crippen LogP contribution in [-0.4, -0.2) is 52.5 Å². The predicted octanol–water partition coefficient (Wildman–Crippen LogP) is 0.914. The van der Waals surface area contributed by atoms with E-state index >= 15 is 0 Å². The van der Waals surface area contributed by atoms with Crippen LogP contribution in [0.5, 0.6) is 0 Å². The summed E-state index contributed by atoms with van der Waals surface area (Å²) in [7, 11) is -3.47. The van der Waals surface area contributed by atoms with Crippen molar-refractivity contribution in [3.8, 4) is 0 Å². The average molecular weight is 286 g/mol. The molecule has 0 radical (unpaired) electrons. The molecule has 1 aromatic rings. The van der Waals surface area contributed by atoms with Crippen molar-refractivity contribution < 1.29 is 13.2 Å². The third kappa shape index (κ3) is 2.94. The number of amides is 1. The second-order valence-corrected chi connectivity index (χ2v) is 6.75. The van der Waals surface area contributed by atoms with E-state index in [0.29, 0.717) is 6.54 Å². The van der Waals surface area contributed by atoms with E-state index in [9.17, 15) is 13.2 Å². The fourth-order valence-electron chi connectivity index (χ4n) is 1.80. The van der Waals surface area contributed by atoms with E-state index in [-0.39, 0.29) is 23.0 Å². The smallest absolute Gasteiger partial charge is 0.320 e. The maximum Gasteiger partial charge on any atom is 0.346 e. The number of hydrogen-bond donors (Lipinski definition) is 0. The molecule has 0 aromatic carbocycles. The number of sulfone groups is 1. The molecule has 19 heavy (non-hydrogen) atoms. The number of aromatic nitrogens is 3. The molecule has 1 aliphatic rings. The van der Waals surface area contributed by atoms with Crippen molar-refractivity contribution in [3.63, 3.8) is 0 Å². The third-order valence-corrected chi connectivity index (χ3v) is 4.53. The van der Waals surface area contributed by atoms with Crippen LogP contribution in [0.15, 0.2) is 11.5 Å². The molecule has 1 aliphatic carbocycles. The van der Waals surface area contributed by atoms with Crippen molar-refractivity contribution in [1.82, 2.24) is 19.7 Å². The zero-order chi connectivity index (χ0) is 14.0. The van der Waals surface area contributed by atoms with Gasteiger partial charge in [-0.2, -0.15) is 4.68 Å². The molecule has 1 aromatic heterocycles. The lowest BCUT2D eigenvalue weighted by Gasteiger charge is -2.20. The van der Waals surface area contributed by atoms with Crippen LogP contribution < -0.4 is 0 Å². The van der Waals surface area contributed by atoms with Crippen molar-refractivity contribution >= 4 is 15.9 Å². The van der Waals surface area contributed by atoms with Crippen LogP contribution in [0.1, 0.15) is 33.1 Å². The summed E-state index contributed by atoms with van der Waals surface area (Å²) in [4.78, 5) is 17.7. The van der Waals surface area contributed by atoms with Crippen LogP contribution in [0.2, 0.25) is 0 Å². The van der Waals surface area contributed by atoms with E-state index in [1.165, 1.54) is 13.3 Å². The third-order valence-electron chi connectivity index (χ3n) is 3.02. The molecular formula is C11H18N4O3S. The zero-order valence-electron chi connectivity index (χ0n) is 11.1. The largest absolute Gasteiger partial charge is 0.346 e. The lowest BCUT2D eigenvalue weighted by molar-refractivity contribution is 0.193. The molecule has 7 nitrogen and oxygen atoms in total. The van der Waals surface area contributed by atoms with Gasteiger partial charge in [-0.15, -0.1) is 5.10 Å². The van der Waals surface area contributed by atoms with Gasteiger partial charge in [0.25, 0.3) is 5.16 Å². The quantitative estimate of drug-likeness (QED) is 0.803. The molecule has 0 saturated heterocycles. The van der Waals surface area contributed by atoms with Gasteiger partial charge in [0.2, 0.25) is 9.84 Å². The molecule has 1 heterocycles. The van der Waals surface area contributed by atoms with E-state index in [4.69, 9.17) is 0 Å². The van der Waals surface area contributed by atoms with Crippen molar-refractivity contribution in [3.05, 3.63) is 6.33 Å². The van der Waals surface area contributed by atoms with Crippen LogP contribution in [0, 0.1) is 0 Å². The lowest BCUT2D eigenvalue weighted by Crippen LogP contribution is -2.37. The van der Waals surface area contributed by atoms with Crippen LogP contribution in [0.4, 0.5) is 4.79 Å². The fraction of sp³-hybridized carbons (Fsp3) is 0.727. The van der Waals surface area contributed by atoms with Gasteiger partial charge in [-0.05, 0) is 19.3 Å². The first-order chi connectivity index (χ1) is 8.99. The predicted molar refractivity (Wildman–Crippen MR) is 68.6 cm³/mol. The van der Waals surface area contributed by atoms with E-state index in [1.807, 2.05) is 6.92 Å². The molecule has 0 spiro atoms. The minimum atomic E-state index is -3.47. The maximum absolute atomic E-state index is 12.2. The highest BCUT2D eigenvalue weighted by atomic mass is 32.2. The summed E-state index contributed by atoms with van der Waals surface area (Å²) >= 11 is 0. The number of rotatable bonds is 5. The van der Waals surface area contributed by atoms with Gasteiger partial charge in [0, 0.05) is 12.6 Å². The Morgan fingerprint density at radius 2 is 2.16 bits per heavy atom. The Bertz CT molecular complexity index is 562. The summed E-state index contributed by atoms with van der Waals surface area (Å²) in [5, 5.41) is 3.51. The Kier molecular flexibility index (Phi) is 3.88. The molecule has 1 fully saturated rings. The number of hydrogen-bond acceptors (Lipinski definition) is 5. The van der Waals surface area contributed by atoms with Gasteiger partial charge in [0.05, 0.1) is 5.75 Å². The molecule has 0 unspecified atom stereocenters. The molecular weight excluding hydrogens is 268 g/mol. The highest BCUT2D eigenvalue weighted by Gasteiger charge is 2.33. The van der Waals surface area contributed by atoms with Crippen molar-refractivity contribution in [2.24, 2.45) is 0 Å². The number of carbonyl (C=O) groups is 1. The van der Waals surface area contributed by atoms with Gasteiger partial charge in [0.1, 0.15) is 6.33 Å². The van der Waals surface area contributed by atoms with Crippen molar-refractivity contribution in [2.45, 2.75) is 44.3 Å². The SMILES string of the molecule is CCCN(C(=O)n1cnc(S(=O)(=O)CC)n1)C1CC1. The van der Waals surface area contributed by atoms with Crippen molar-refractivity contribution in [1.29, 1.82) is 0 Å². The zero-order valence-corrected chi connectivity index (χ0v) is 11.9. The summed E-state index contributed by atoms with van der Waals surface area (Å²) in [5.74, 6) is -0.0769. The van der Waals surface area contributed by atoms with Crippen LogP contribution in [-0.2, 0) is 9.84 Å². The molecule has 1 saturated carbocycles. The Morgan fingerprint density at radius 3 is 2.68 bits per heavy atom. The summed E-state index contributed by atoms with van der Waals surface area (Å²) in [6.07, 6.45) is 4.04. The normalized spacial score (nSPS) is 15.5. The average Bonchev–Trinajstić information content (AvgIpc) is 3.10. The summed E-state index contributed by atoms with van der Waals surface area (Å²) in [5.41, 5.74) is 0. The van der Waals surface area contributed by atoms with Crippen LogP contribution >= 0.6 is 0 Å². The molecule has 8 heteroatoms. The maximum atomic E-state index is 12.2. The molecule has 0 N–H and O–H groups in total. The van der Waals surface area contributed by atoms with Gasteiger partial charge in [-0.25, -0.2) is 18.2 Å². The summed E-state index contributed by atoms with van der Waals surface area (Å²) in [6.45, 7) is 4.17. The fourth-order valence-corrected chi connectivity index (χ4v) is 2.48. The minimum absolute atomic E-state index is 0.0769. The Balaban J connectivity index is 2.19. The van der Waals surface area contributed by atoms with Gasteiger partial charge >= 0.3 is 6.03 Å². The molecule has 1 amide bonds. The standard InChI is InChI=1S/C11H18N4O3S/c1-3-7-14(9-5-6-9)11(16)15-8-12-10(13-15)19(17,18)4-2/h8-9H,3-7H2,1-2H3. The monoisotopic (exact) mass is 286 g/mol. The van der Waals surface area contributed by atoms with Crippen molar-refractivity contribution in [2.75, 3.05) is 12.3 Å². The Labute approximate surface area is 112 Å². The first-order valence-corrected chi connectivity index (χ1v) is 8.10. The number of nitrogens with zero attached hydrogens (tertiary/aromatic N) is 4. The topological polar surface area (TPSA) is 85.2 Å². The number of carbonyl (C=O) groups excluding carboxylic acids is 1. The molecule has 0 bridgehead atoms. The Hall–Kier alpha value is -1.44. The van der Waals surface area contributed by atoms with E-state index < -0.39 is 9.84 Å². The molecule has 0 atom stereocenters. The second kappa shape index (κ2) is 5.28. The highest BCUT2D eigenvalue weighted by molar-refractivity contribution is 7.91. The Morgan fingerprint density at radius 1 is 1.47 bits per heavy atom. The summed E-state index contributed by atoms with van der Waals surface area (Å²) in [6, 6.07) is -0.0303. The molecule has 2 rings (SSSR count). The summed E-state index contributed by atoms with van der Waals surface area (Å²) < 4.78 is 24.3. The first kappa shape index (κ1) is 14.0. The van der Waals surface area contributed by atoms with E-state index in [1.54, 1.807) is 4.90 Å².